The number of nitrogens with one attached hydrogen (secondary N) is 1. The number of carbonyl (C=O) groups is 2. The van der Waals surface area contributed by atoms with Crippen molar-refractivity contribution in [1.82, 2.24) is 15.1 Å². The average Bonchev–Trinajstić information content (AvgIpc) is 2.86. The highest BCUT2D eigenvalue weighted by Gasteiger charge is 2.30. The summed E-state index contributed by atoms with van der Waals surface area (Å²) >= 11 is 0. The van der Waals surface area contributed by atoms with Crippen LogP contribution in [0.15, 0.2) is 12.2 Å². The number of ether oxygens (including phenoxy) is 1. The number of rotatable bonds is 16. The number of piperazine rings is 1. The third kappa shape index (κ3) is 11.7. The molecule has 2 amide bonds. The van der Waals surface area contributed by atoms with Gasteiger partial charge in [-0.1, -0.05) is 89.7 Å². The van der Waals surface area contributed by atoms with Gasteiger partial charge in [0.2, 0.25) is 5.91 Å². The maximum atomic E-state index is 12.8. The Bertz CT molecular complexity index is 587. The maximum Gasteiger partial charge on any atom is 0.409 e. The average molecular weight is 478 g/mol. The van der Waals surface area contributed by atoms with Crippen molar-refractivity contribution >= 4 is 12.0 Å². The van der Waals surface area contributed by atoms with Gasteiger partial charge in [-0.15, -0.1) is 0 Å². The van der Waals surface area contributed by atoms with E-state index < -0.39 is 0 Å². The zero-order valence-corrected chi connectivity index (χ0v) is 22.1. The summed E-state index contributed by atoms with van der Waals surface area (Å²) in [6.45, 7) is 6.53. The van der Waals surface area contributed by atoms with Crippen molar-refractivity contribution in [2.45, 2.75) is 96.8 Å². The fraction of sp³-hybridized carbons (Fsp3) is 0.857. The normalized spacial score (nSPS) is 20.9. The fourth-order valence-electron chi connectivity index (χ4n) is 4.94. The van der Waals surface area contributed by atoms with Gasteiger partial charge in [0.25, 0.3) is 0 Å². The molecule has 2 aliphatic rings. The molecule has 2 atom stereocenters. The molecule has 0 aromatic carbocycles. The van der Waals surface area contributed by atoms with E-state index in [1.807, 2.05) is 0 Å². The van der Waals surface area contributed by atoms with Crippen molar-refractivity contribution in [3.63, 3.8) is 0 Å². The Balaban J connectivity index is 1.52. The molecule has 1 fully saturated rings. The highest BCUT2D eigenvalue weighted by molar-refractivity contribution is 5.79. The second-order valence-electron chi connectivity index (χ2n) is 10.4. The highest BCUT2D eigenvalue weighted by Crippen LogP contribution is 2.26. The van der Waals surface area contributed by atoms with Crippen LogP contribution in [0.1, 0.15) is 96.8 Å². The summed E-state index contributed by atoms with van der Waals surface area (Å²) in [5.74, 6) is 0.0964. The number of nitrogens with zero attached hydrogens (tertiary/aromatic N) is 2. The molecular formula is C28H51N3O3. The third-order valence-electron chi connectivity index (χ3n) is 7.41. The third-order valence-corrected chi connectivity index (χ3v) is 7.41. The van der Waals surface area contributed by atoms with Crippen molar-refractivity contribution < 1.29 is 14.3 Å². The number of unbranched alkanes of at least 4 members (excludes halogenated alkanes) is 11. The Morgan fingerprint density at radius 3 is 2.00 bits per heavy atom. The first-order valence-electron chi connectivity index (χ1n) is 14.1. The van der Waals surface area contributed by atoms with E-state index in [1.54, 1.807) is 4.90 Å². The van der Waals surface area contributed by atoms with E-state index in [0.29, 0.717) is 19.7 Å². The Hall–Kier alpha value is -1.56. The molecule has 0 radical (unpaired) electrons. The second-order valence-corrected chi connectivity index (χ2v) is 10.4. The van der Waals surface area contributed by atoms with Crippen LogP contribution in [0.5, 0.6) is 0 Å². The van der Waals surface area contributed by atoms with E-state index in [9.17, 15) is 9.59 Å². The minimum Gasteiger partial charge on any atom is -0.449 e. The Kier molecular flexibility index (Phi) is 15.0. The van der Waals surface area contributed by atoms with Crippen LogP contribution in [0, 0.1) is 11.8 Å². The molecule has 0 bridgehead atoms. The van der Waals surface area contributed by atoms with Crippen LogP contribution >= 0.6 is 0 Å². The molecule has 0 aromatic heterocycles. The quantitative estimate of drug-likeness (QED) is 0.226. The molecule has 1 aliphatic heterocycles. The topological polar surface area (TPSA) is 61.9 Å². The first kappa shape index (κ1) is 28.7. The predicted molar refractivity (Wildman–Crippen MR) is 140 cm³/mol. The number of hydrogen-bond donors (Lipinski definition) is 1. The van der Waals surface area contributed by atoms with Gasteiger partial charge in [-0.05, 0) is 26.3 Å². The van der Waals surface area contributed by atoms with Gasteiger partial charge >= 0.3 is 6.09 Å². The molecule has 2 unspecified atom stereocenters. The first-order chi connectivity index (χ1) is 16.6. The van der Waals surface area contributed by atoms with Crippen LogP contribution in [0.4, 0.5) is 4.79 Å². The molecule has 1 N–H and O–H groups in total. The summed E-state index contributed by atoms with van der Waals surface area (Å²) in [5, 5.41) is 3.14. The summed E-state index contributed by atoms with van der Waals surface area (Å²) in [6.07, 6.45) is 21.4. The van der Waals surface area contributed by atoms with Gasteiger partial charge in [-0.3, -0.25) is 4.79 Å². The second kappa shape index (κ2) is 17.8. The highest BCUT2D eigenvalue weighted by atomic mass is 16.6. The molecule has 34 heavy (non-hydrogen) atoms. The van der Waals surface area contributed by atoms with E-state index in [4.69, 9.17) is 4.74 Å². The molecule has 196 valence electrons. The van der Waals surface area contributed by atoms with E-state index in [1.165, 1.54) is 70.6 Å². The lowest BCUT2D eigenvalue weighted by Gasteiger charge is -2.33. The van der Waals surface area contributed by atoms with E-state index >= 15 is 0 Å². The predicted octanol–water partition coefficient (Wildman–Crippen LogP) is 5.77. The van der Waals surface area contributed by atoms with Gasteiger partial charge in [0.1, 0.15) is 0 Å². The lowest BCUT2D eigenvalue weighted by atomic mass is 9.83. The molecule has 6 nitrogen and oxygen atoms in total. The monoisotopic (exact) mass is 477 g/mol. The Morgan fingerprint density at radius 1 is 0.824 bits per heavy atom. The lowest BCUT2D eigenvalue weighted by Crippen LogP contribution is -2.47. The summed E-state index contributed by atoms with van der Waals surface area (Å²) in [7, 11) is 2.07. The first-order valence-corrected chi connectivity index (χ1v) is 14.1. The molecule has 1 saturated heterocycles. The number of carbonyl (C=O) groups excluding carboxylic acids is 2. The van der Waals surface area contributed by atoms with Crippen molar-refractivity contribution in [1.29, 1.82) is 0 Å². The molecule has 0 saturated carbocycles. The fourth-order valence-corrected chi connectivity index (χ4v) is 4.94. The number of allylic oxidation sites excluding steroid dienone is 2. The maximum absolute atomic E-state index is 12.8. The van der Waals surface area contributed by atoms with Crippen LogP contribution < -0.4 is 5.32 Å². The van der Waals surface area contributed by atoms with Crippen LogP contribution in [0.3, 0.4) is 0 Å². The summed E-state index contributed by atoms with van der Waals surface area (Å²) in [4.78, 5) is 29.2. The van der Waals surface area contributed by atoms with E-state index in [2.05, 4.69) is 36.3 Å². The number of amides is 2. The van der Waals surface area contributed by atoms with Gasteiger partial charge in [0.05, 0.1) is 6.61 Å². The molecule has 0 aromatic rings. The Labute approximate surface area is 208 Å². The summed E-state index contributed by atoms with van der Waals surface area (Å²) < 4.78 is 5.61. The number of hydrogen-bond acceptors (Lipinski definition) is 4. The van der Waals surface area contributed by atoms with Gasteiger partial charge < -0.3 is 19.9 Å². The van der Waals surface area contributed by atoms with Crippen LogP contribution in [0.25, 0.3) is 0 Å². The number of likely N-dealkylation sites (N-methyl/N-ethyl adjacent to an activating group) is 1. The largest absolute Gasteiger partial charge is 0.449 e. The Morgan fingerprint density at radius 2 is 1.38 bits per heavy atom. The van der Waals surface area contributed by atoms with E-state index in [0.717, 1.165) is 38.9 Å². The van der Waals surface area contributed by atoms with Crippen molar-refractivity contribution in [2.24, 2.45) is 11.8 Å². The molecular weight excluding hydrogens is 426 g/mol. The van der Waals surface area contributed by atoms with Crippen LogP contribution in [0.2, 0.25) is 0 Å². The SMILES string of the molecule is CCCCCCCCCCCCCCNC(=O)C1CC=CCC1COC(=O)N1CCN(C)CC1. The standard InChI is InChI=1S/C28H51N3O3/c1-3-4-5-6-7-8-9-10-11-12-13-16-19-29-27(32)26-18-15-14-17-25(26)24-34-28(33)31-22-20-30(2)21-23-31/h14-15,25-26H,3-13,16-24H2,1-2H3,(H,29,32). The van der Waals surface area contributed by atoms with Gasteiger partial charge in [-0.2, -0.15) is 0 Å². The smallest absolute Gasteiger partial charge is 0.409 e. The zero-order chi connectivity index (χ0) is 24.4. The molecule has 1 aliphatic carbocycles. The summed E-state index contributed by atoms with van der Waals surface area (Å²) in [6, 6.07) is 0. The van der Waals surface area contributed by atoms with Crippen molar-refractivity contribution in [2.75, 3.05) is 46.4 Å². The zero-order valence-electron chi connectivity index (χ0n) is 22.1. The lowest BCUT2D eigenvalue weighted by molar-refractivity contribution is -0.127. The van der Waals surface area contributed by atoms with Gasteiger partial charge in [0.15, 0.2) is 0 Å². The van der Waals surface area contributed by atoms with Crippen molar-refractivity contribution in [3.8, 4) is 0 Å². The molecule has 1 heterocycles. The van der Waals surface area contributed by atoms with Crippen LogP contribution in [-0.2, 0) is 9.53 Å². The van der Waals surface area contributed by atoms with Gasteiger partial charge in [-0.25, -0.2) is 4.79 Å². The van der Waals surface area contributed by atoms with E-state index in [-0.39, 0.29) is 23.8 Å². The van der Waals surface area contributed by atoms with Crippen LogP contribution in [-0.4, -0.2) is 68.2 Å². The minimum atomic E-state index is -0.238. The van der Waals surface area contributed by atoms with Crippen molar-refractivity contribution in [3.05, 3.63) is 12.2 Å². The minimum absolute atomic E-state index is 0.0726. The molecule has 0 spiro atoms. The molecule has 2 rings (SSSR count). The van der Waals surface area contributed by atoms with Gasteiger partial charge in [0, 0.05) is 44.6 Å². The summed E-state index contributed by atoms with van der Waals surface area (Å²) in [5.41, 5.74) is 0. The molecule has 6 heteroatoms.